The van der Waals surface area contributed by atoms with Crippen molar-refractivity contribution < 1.29 is 0 Å². The minimum atomic E-state index is 0.273. The molecule has 0 bridgehead atoms. The van der Waals surface area contributed by atoms with Gasteiger partial charge in [-0.25, -0.2) is 0 Å². The van der Waals surface area contributed by atoms with Crippen molar-refractivity contribution in [2.45, 2.75) is 50.0 Å². The lowest BCUT2D eigenvalue weighted by molar-refractivity contribution is 0.516. The van der Waals surface area contributed by atoms with Gasteiger partial charge in [-0.15, -0.1) is 0 Å². The van der Waals surface area contributed by atoms with Crippen molar-refractivity contribution in [1.82, 2.24) is 15.0 Å². The van der Waals surface area contributed by atoms with Crippen LogP contribution >= 0.6 is 11.8 Å². The number of anilines is 3. The minimum absolute atomic E-state index is 0.273. The lowest BCUT2D eigenvalue weighted by Crippen LogP contribution is -2.10. The van der Waals surface area contributed by atoms with Gasteiger partial charge in [-0.1, -0.05) is 37.5 Å². The molecule has 1 aliphatic carbocycles. The molecule has 1 heterocycles. The maximum absolute atomic E-state index is 5.85. The van der Waals surface area contributed by atoms with Crippen LogP contribution in [-0.2, 0) is 5.75 Å². The van der Waals surface area contributed by atoms with E-state index in [0.717, 1.165) is 28.1 Å². The van der Waals surface area contributed by atoms with Gasteiger partial charge in [0.05, 0.1) is 5.75 Å². The fourth-order valence-electron chi connectivity index (χ4n) is 2.82. The molecule has 1 saturated carbocycles. The normalized spacial score (nSPS) is 15.5. The maximum atomic E-state index is 5.85. The molecular formula is C17H23N5S. The molecule has 5 nitrogen and oxygen atoms in total. The lowest BCUT2D eigenvalue weighted by atomic mass is 10.0. The maximum Gasteiger partial charge on any atom is 0.232 e. The van der Waals surface area contributed by atoms with Gasteiger partial charge in [-0.2, -0.15) is 26.7 Å². The smallest absolute Gasteiger partial charge is 0.232 e. The second-order valence-corrected chi connectivity index (χ2v) is 7.23. The average molecular weight is 329 g/mol. The molecule has 0 amide bonds. The first kappa shape index (κ1) is 16.1. The van der Waals surface area contributed by atoms with Crippen LogP contribution in [0.3, 0.4) is 0 Å². The van der Waals surface area contributed by atoms with E-state index in [1.807, 2.05) is 43.0 Å². The number of nitrogens with two attached hydrogens (primary N) is 1. The van der Waals surface area contributed by atoms with Gasteiger partial charge in [-0.05, 0) is 31.4 Å². The third kappa shape index (κ3) is 4.58. The summed E-state index contributed by atoms with van der Waals surface area (Å²) in [6, 6.07) is 8.05. The number of nitrogen functional groups attached to an aromatic ring is 1. The van der Waals surface area contributed by atoms with Gasteiger partial charge in [0.2, 0.25) is 11.9 Å². The third-order valence-electron chi connectivity index (χ3n) is 4.09. The molecular weight excluding hydrogens is 306 g/mol. The number of aromatic nitrogens is 3. The quantitative estimate of drug-likeness (QED) is 0.861. The van der Waals surface area contributed by atoms with E-state index in [1.165, 1.54) is 32.1 Å². The molecule has 3 N–H and O–H groups in total. The van der Waals surface area contributed by atoms with Crippen molar-refractivity contribution in [3.05, 3.63) is 35.7 Å². The van der Waals surface area contributed by atoms with Crippen LogP contribution in [-0.4, -0.2) is 20.2 Å². The zero-order chi connectivity index (χ0) is 16.1. The monoisotopic (exact) mass is 329 g/mol. The molecule has 1 fully saturated rings. The van der Waals surface area contributed by atoms with Crippen molar-refractivity contribution in [1.29, 1.82) is 0 Å². The SMILES string of the molecule is Cc1ccccc1Nc1nc(N)nc(CSC2CCCCC2)n1. The Morgan fingerprint density at radius 3 is 2.70 bits per heavy atom. The third-order valence-corrected chi connectivity index (χ3v) is 5.46. The Kier molecular flexibility index (Phi) is 5.33. The van der Waals surface area contributed by atoms with Gasteiger partial charge < -0.3 is 11.1 Å². The molecule has 0 aliphatic heterocycles. The standard InChI is InChI=1S/C17H23N5S/c1-12-7-5-6-10-14(12)19-17-21-15(20-16(18)22-17)11-23-13-8-3-2-4-9-13/h5-7,10,13H,2-4,8-9,11H2,1H3,(H3,18,19,20,21,22). The van der Waals surface area contributed by atoms with Gasteiger partial charge in [0.25, 0.3) is 0 Å². The molecule has 0 radical (unpaired) electrons. The van der Waals surface area contributed by atoms with Crippen molar-refractivity contribution in [2.75, 3.05) is 11.1 Å². The Hall–Kier alpha value is -1.82. The molecule has 1 aromatic carbocycles. The molecule has 23 heavy (non-hydrogen) atoms. The molecule has 0 saturated heterocycles. The molecule has 122 valence electrons. The van der Waals surface area contributed by atoms with Crippen LogP contribution < -0.4 is 11.1 Å². The summed E-state index contributed by atoms with van der Waals surface area (Å²) in [6.07, 6.45) is 6.67. The van der Waals surface area contributed by atoms with Gasteiger partial charge in [-0.3, -0.25) is 0 Å². The summed E-state index contributed by atoms with van der Waals surface area (Å²) >= 11 is 1.94. The summed E-state index contributed by atoms with van der Waals surface area (Å²) < 4.78 is 0. The molecule has 6 heteroatoms. The number of para-hydroxylation sites is 1. The van der Waals surface area contributed by atoms with Crippen LogP contribution in [0, 0.1) is 6.92 Å². The second kappa shape index (κ2) is 7.64. The summed E-state index contributed by atoms with van der Waals surface area (Å²) in [5, 5.41) is 3.97. The number of thioether (sulfide) groups is 1. The van der Waals surface area contributed by atoms with Crippen molar-refractivity contribution in [2.24, 2.45) is 0 Å². The first-order valence-electron chi connectivity index (χ1n) is 8.15. The molecule has 2 aromatic rings. The van der Waals surface area contributed by atoms with Gasteiger partial charge in [0.1, 0.15) is 5.82 Å². The highest BCUT2D eigenvalue weighted by atomic mass is 32.2. The number of nitrogens with one attached hydrogen (secondary N) is 1. The second-order valence-electron chi connectivity index (χ2n) is 5.94. The zero-order valence-electron chi connectivity index (χ0n) is 13.5. The number of hydrogen-bond donors (Lipinski definition) is 2. The number of aryl methyl sites for hydroxylation is 1. The Labute approximate surface area is 141 Å². The van der Waals surface area contributed by atoms with E-state index in [-0.39, 0.29) is 5.95 Å². The summed E-state index contributed by atoms with van der Waals surface area (Å²) in [4.78, 5) is 13.0. The van der Waals surface area contributed by atoms with Crippen LogP contribution in [0.4, 0.5) is 17.6 Å². The highest BCUT2D eigenvalue weighted by Crippen LogP contribution is 2.30. The Balaban J connectivity index is 1.67. The van der Waals surface area contributed by atoms with E-state index in [4.69, 9.17) is 5.73 Å². The van der Waals surface area contributed by atoms with E-state index in [9.17, 15) is 0 Å². The van der Waals surface area contributed by atoms with Crippen LogP contribution in [0.2, 0.25) is 0 Å². The topological polar surface area (TPSA) is 76.7 Å². The number of benzene rings is 1. The first-order chi connectivity index (χ1) is 11.2. The first-order valence-corrected chi connectivity index (χ1v) is 9.20. The van der Waals surface area contributed by atoms with Gasteiger partial charge in [0.15, 0.2) is 0 Å². The van der Waals surface area contributed by atoms with Gasteiger partial charge >= 0.3 is 0 Å². The molecule has 0 atom stereocenters. The number of hydrogen-bond acceptors (Lipinski definition) is 6. The van der Waals surface area contributed by atoms with Crippen molar-refractivity contribution in [3.63, 3.8) is 0 Å². The molecule has 1 aliphatic rings. The predicted molar refractivity (Wildman–Crippen MR) is 96.9 cm³/mol. The minimum Gasteiger partial charge on any atom is -0.368 e. The molecule has 1 aromatic heterocycles. The summed E-state index contributed by atoms with van der Waals surface area (Å²) in [5.74, 6) is 2.34. The summed E-state index contributed by atoms with van der Waals surface area (Å²) in [7, 11) is 0. The lowest BCUT2D eigenvalue weighted by Gasteiger charge is -2.20. The fourth-order valence-corrected chi connectivity index (χ4v) is 4.00. The molecule has 3 rings (SSSR count). The summed E-state index contributed by atoms with van der Waals surface area (Å²) in [6.45, 7) is 2.05. The summed E-state index contributed by atoms with van der Waals surface area (Å²) in [5.41, 5.74) is 7.98. The fraction of sp³-hybridized carbons (Fsp3) is 0.471. The highest BCUT2D eigenvalue weighted by Gasteiger charge is 2.15. The van der Waals surface area contributed by atoms with Crippen LogP contribution in [0.1, 0.15) is 43.5 Å². The highest BCUT2D eigenvalue weighted by molar-refractivity contribution is 7.99. The van der Waals surface area contributed by atoms with E-state index in [0.29, 0.717) is 5.95 Å². The Morgan fingerprint density at radius 1 is 1.13 bits per heavy atom. The van der Waals surface area contributed by atoms with E-state index < -0.39 is 0 Å². The van der Waals surface area contributed by atoms with Crippen molar-refractivity contribution >= 4 is 29.3 Å². The molecule has 0 spiro atoms. The van der Waals surface area contributed by atoms with Gasteiger partial charge in [0, 0.05) is 10.9 Å². The molecule has 0 unspecified atom stereocenters. The van der Waals surface area contributed by atoms with Crippen LogP contribution in [0.15, 0.2) is 24.3 Å². The number of rotatable bonds is 5. The zero-order valence-corrected chi connectivity index (χ0v) is 14.3. The van der Waals surface area contributed by atoms with E-state index in [2.05, 4.69) is 20.3 Å². The predicted octanol–water partition coefficient (Wildman–Crippen LogP) is 4.07. The van der Waals surface area contributed by atoms with E-state index in [1.54, 1.807) is 0 Å². The number of nitrogens with zero attached hydrogens (tertiary/aromatic N) is 3. The van der Waals surface area contributed by atoms with Crippen molar-refractivity contribution in [3.8, 4) is 0 Å². The van der Waals surface area contributed by atoms with Crippen LogP contribution in [0.5, 0.6) is 0 Å². The largest absolute Gasteiger partial charge is 0.368 e. The Bertz CT molecular complexity index is 655. The van der Waals surface area contributed by atoms with E-state index >= 15 is 0 Å². The Morgan fingerprint density at radius 2 is 1.91 bits per heavy atom. The average Bonchev–Trinajstić information content (AvgIpc) is 2.56. The van der Waals surface area contributed by atoms with Crippen LogP contribution in [0.25, 0.3) is 0 Å².